The Morgan fingerprint density at radius 2 is 1.62 bits per heavy atom. The number of phenols is 1. The predicted octanol–water partition coefficient (Wildman–Crippen LogP) is 9.52. The van der Waals surface area contributed by atoms with E-state index in [2.05, 4.69) is 9.72 Å². The van der Waals surface area contributed by atoms with Gasteiger partial charge in [-0.1, -0.05) is 34.1 Å². The maximum Gasteiger partial charge on any atom is 0.293 e. The van der Waals surface area contributed by atoms with Crippen molar-refractivity contribution in [3.63, 3.8) is 0 Å². The van der Waals surface area contributed by atoms with Crippen LogP contribution in [-0.2, 0) is 33.4 Å². The Kier molecular flexibility index (Phi) is 15.5. The number of aromatic hydroxyl groups is 1. The van der Waals surface area contributed by atoms with Crippen LogP contribution in [0.2, 0.25) is 0 Å². The molecule has 0 bridgehead atoms. The predicted molar refractivity (Wildman–Crippen MR) is 187 cm³/mol. The fourth-order valence-corrected chi connectivity index (χ4v) is 6.47. The molecular formula is C38H53F2NO5S. The second kappa shape index (κ2) is 18.3. The molecule has 1 N–H and O–H groups in total. The van der Waals surface area contributed by atoms with E-state index in [9.17, 15) is 22.9 Å². The van der Waals surface area contributed by atoms with Crippen LogP contribution >= 0.6 is 0 Å². The lowest BCUT2D eigenvalue weighted by molar-refractivity contribution is -0.138. The standard InChI is InChI=1S/C24H21F2NO2.C5H10O2.C5H10OS.2C2H6/c1-12-3-17(28)4-13(2)24(12)19-7-16(21(25)9-22(19)26)11-29-23-8-15-5-14-6-18(14)20(15)10-27-23;1-5(2,3)7-4-6;1-7(6)5-3-2-4-5;2*1-2/h3-4,7-10,14,18,28H,5-6,11H2,1-2H3;4H,1-3H3;5H,2-4H2,1H3;2*1-2H3. The zero-order valence-corrected chi connectivity index (χ0v) is 30.5. The Labute approximate surface area is 282 Å². The van der Waals surface area contributed by atoms with Crippen molar-refractivity contribution in [2.75, 3.05) is 6.26 Å². The number of halogens is 2. The molecule has 0 saturated heterocycles. The van der Waals surface area contributed by atoms with Crippen LogP contribution < -0.4 is 4.74 Å². The summed E-state index contributed by atoms with van der Waals surface area (Å²) in [4.78, 5) is 14.0. The largest absolute Gasteiger partial charge is 0.508 e. The Hall–Kier alpha value is -3.33. The fourth-order valence-electron chi connectivity index (χ4n) is 5.47. The number of fused-ring (bicyclic) bond motifs is 3. The summed E-state index contributed by atoms with van der Waals surface area (Å²) in [6.07, 6.45) is 9.68. The van der Waals surface area contributed by atoms with Gasteiger partial charge < -0.3 is 14.6 Å². The fraction of sp³-hybridized carbons (Fsp3) is 0.526. The zero-order chi connectivity index (χ0) is 35.5. The van der Waals surface area contributed by atoms with Gasteiger partial charge in [-0.15, -0.1) is 0 Å². The summed E-state index contributed by atoms with van der Waals surface area (Å²) >= 11 is 0. The van der Waals surface area contributed by atoms with Gasteiger partial charge in [0, 0.05) is 51.8 Å². The molecule has 6 nitrogen and oxygen atoms in total. The van der Waals surface area contributed by atoms with Crippen molar-refractivity contribution in [2.24, 2.45) is 5.92 Å². The van der Waals surface area contributed by atoms with E-state index in [1.807, 2.05) is 60.7 Å². The van der Waals surface area contributed by atoms with Crippen LogP contribution in [0.4, 0.5) is 8.78 Å². The second-order valence-electron chi connectivity index (χ2n) is 12.6. The van der Waals surface area contributed by atoms with Gasteiger partial charge >= 0.3 is 0 Å². The zero-order valence-electron chi connectivity index (χ0n) is 29.7. The van der Waals surface area contributed by atoms with E-state index in [0.717, 1.165) is 29.5 Å². The lowest BCUT2D eigenvalue weighted by Gasteiger charge is -2.21. The van der Waals surface area contributed by atoms with Crippen LogP contribution in [0, 0.1) is 31.4 Å². The number of carbonyl (C=O) groups is 1. The highest BCUT2D eigenvalue weighted by Gasteiger charge is 2.45. The van der Waals surface area contributed by atoms with E-state index in [-0.39, 0.29) is 23.5 Å². The third-order valence-corrected chi connectivity index (χ3v) is 9.44. The van der Waals surface area contributed by atoms with Crippen LogP contribution in [0.5, 0.6) is 11.6 Å². The number of hydrogen-bond acceptors (Lipinski definition) is 6. The van der Waals surface area contributed by atoms with Crippen molar-refractivity contribution in [1.82, 2.24) is 4.98 Å². The van der Waals surface area contributed by atoms with E-state index in [1.54, 1.807) is 32.2 Å². The van der Waals surface area contributed by atoms with E-state index in [4.69, 9.17) is 4.74 Å². The molecule has 2 fully saturated rings. The number of nitrogens with zero attached hydrogens (tertiary/aromatic N) is 1. The molecule has 47 heavy (non-hydrogen) atoms. The Bertz CT molecular complexity index is 1480. The lowest BCUT2D eigenvalue weighted by atomic mass is 9.93. The number of ether oxygens (including phenoxy) is 2. The van der Waals surface area contributed by atoms with Crippen LogP contribution in [-0.4, -0.2) is 37.9 Å². The van der Waals surface area contributed by atoms with Gasteiger partial charge in [0.05, 0.1) is 0 Å². The lowest BCUT2D eigenvalue weighted by Crippen LogP contribution is -2.21. The van der Waals surface area contributed by atoms with Gasteiger partial charge in [-0.2, -0.15) is 0 Å². The Balaban J connectivity index is 0.000000352. The number of benzene rings is 2. The van der Waals surface area contributed by atoms with Crippen molar-refractivity contribution in [3.05, 3.63) is 76.0 Å². The minimum Gasteiger partial charge on any atom is -0.508 e. The summed E-state index contributed by atoms with van der Waals surface area (Å²) in [5.41, 5.74) is 4.92. The van der Waals surface area contributed by atoms with Gasteiger partial charge in [0.1, 0.15) is 29.6 Å². The van der Waals surface area contributed by atoms with Gasteiger partial charge in [-0.05, 0) is 118 Å². The number of hydrogen-bond donors (Lipinski definition) is 1. The maximum absolute atomic E-state index is 14.6. The van der Waals surface area contributed by atoms with Gasteiger partial charge in [0.15, 0.2) is 0 Å². The summed E-state index contributed by atoms with van der Waals surface area (Å²) in [5, 5.41) is 10.3. The van der Waals surface area contributed by atoms with Gasteiger partial charge in [-0.3, -0.25) is 9.00 Å². The first kappa shape index (κ1) is 39.8. The number of pyridine rings is 1. The molecule has 1 aromatic heterocycles. The monoisotopic (exact) mass is 673 g/mol. The first-order valence-electron chi connectivity index (χ1n) is 16.6. The van der Waals surface area contributed by atoms with E-state index in [0.29, 0.717) is 34.6 Å². The normalized spacial score (nSPS) is 17.5. The highest BCUT2D eigenvalue weighted by molar-refractivity contribution is 7.84. The van der Waals surface area contributed by atoms with Crippen molar-refractivity contribution in [1.29, 1.82) is 0 Å². The van der Waals surface area contributed by atoms with E-state index >= 15 is 0 Å². The molecule has 6 rings (SSSR count). The highest BCUT2D eigenvalue weighted by atomic mass is 32.2. The summed E-state index contributed by atoms with van der Waals surface area (Å²) in [6, 6.07) is 7.46. The average molecular weight is 674 g/mol. The third-order valence-electron chi connectivity index (χ3n) is 8.03. The first-order valence-corrected chi connectivity index (χ1v) is 18.2. The molecule has 3 atom stereocenters. The molecule has 3 unspecified atom stereocenters. The molecule has 0 aliphatic heterocycles. The topological polar surface area (TPSA) is 85.7 Å². The van der Waals surface area contributed by atoms with E-state index in [1.165, 1.54) is 42.9 Å². The summed E-state index contributed by atoms with van der Waals surface area (Å²) < 4.78 is 49.8. The molecule has 2 aromatic carbocycles. The molecule has 3 aliphatic rings. The minimum atomic E-state index is -0.650. The van der Waals surface area contributed by atoms with Crippen LogP contribution in [0.25, 0.3) is 11.1 Å². The number of aryl methyl sites for hydroxylation is 2. The summed E-state index contributed by atoms with van der Waals surface area (Å²) in [5.74, 6) is 0.722. The first-order chi connectivity index (χ1) is 22.3. The molecule has 260 valence electrons. The summed E-state index contributed by atoms with van der Waals surface area (Å²) in [7, 11) is -0.524. The van der Waals surface area contributed by atoms with Gasteiger partial charge in [0.2, 0.25) is 5.88 Å². The quantitative estimate of drug-likeness (QED) is 0.263. The molecular weight excluding hydrogens is 620 g/mol. The molecule has 9 heteroatoms. The third kappa shape index (κ3) is 11.4. The summed E-state index contributed by atoms with van der Waals surface area (Å²) in [6.45, 7) is 17.5. The minimum absolute atomic E-state index is 0.0338. The van der Waals surface area contributed by atoms with Gasteiger partial charge in [0.25, 0.3) is 6.47 Å². The van der Waals surface area contributed by atoms with Crippen molar-refractivity contribution in [3.8, 4) is 22.8 Å². The average Bonchev–Trinajstić information content (AvgIpc) is 3.64. The van der Waals surface area contributed by atoms with Crippen LogP contribution in [0.1, 0.15) is 108 Å². The highest BCUT2D eigenvalue weighted by Crippen LogP contribution is 2.56. The molecule has 2 saturated carbocycles. The molecule has 0 amide bonds. The smallest absolute Gasteiger partial charge is 0.293 e. The number of aromatic nitrogens is 1. The maximum atomic E-state index is 14.6. The van der Waals surface area contributed by atoms with Crippen LogP contribution in [0.15, 0.2) is 36.5 Å². The van der Waals surface area contributed by atoms with Crippen molar-refractivity contribution in [2.45, 2.75) is 118 Å². The van der Waals surface area contributed by atoms with Crippen molar-refractivity contribution >= 4 is 17.3 Å². The van der Waals surface area contributed by atoms with E-state index < -0.39 is 22.4 Å². The van der Waals surface area contributed by atoms with Crippen LogP contribution in [0.3, 0.4) is 0 Å². The second-order valence-corrected chi connectivity index (χ2v) is 14.2. The SMILES string of the molecule is CC.CC.CC(C)(C)OC=O.CS(=O)C1CCC1.Cc1cc(O)cc(C)c1-c1cc(COc2cc3c(cn2)C2CC2C3)c(F)cc1F. The number of rotatable bonds is 6. The van der Waals surface area contributed by atoms with Crippen molar-refractivity contribution < 1.29 is 32.4 Å². The molecule has 0 radical (unpaired) electrons. The molecule has 3 aromatic rings. The molecule has 1 heterocycles. The number of phenolic OH excluding ortho intramolecular Hbond substituents is 1. The molecule has 3 aliphatic carbocycles. The van der Waals surface area contributed by atoms with Gasteiger partial charge in [-0.25, -0.2) is 13.8 Å². The Morgan fingerprint density at radius 3 is 2.09 bits per heavy atom. The number of carbonyl (C=O) groups excluding carboxylic acids is 1. The molecule has 0 spiro atoms. The Morgan fingerprint density at radius 1 is 1.00 bits per heavy atom.